The molecule has 0 N–H and O–H groups in total. The molecule has 1 aromatic heterocycles. The minimum absolute atomic E-state index is 0.219. The van der Waals surface area contributed by atoms with Crippen molar-refractivity contribution in [2.45, 2.75) is 32.2 Å². The third-order valence-corrected chi connectivity index (χ3v) is 6.64. The van der Waals surface area contributed by atoms with E-state index in [9.17, 15) is 4.79 Å². The molecule has 2 heterocycles. The molecule has 1 fully saturated rings. The summed E-state index contributed by atoms with van der Waals surface area (Å²) in [5.41, 5.74) is 6.73. The predicted octanol–water partition coefficient (Wildman–Crippen LogP) is 5.93. The Hall–Kier alpha value is -3.66. The van der Waals surface area contributed by atoms with E-state index in [0.29, 0.717) is 6.42 Å². The number of aryl methyl sites for hydroxylation is 1. The van der Waals surface area contributed by atoms with Crippen molar-refractivity contribution >= 4 is 5.91 Å². The second-order valence-electron chi connectivity index (χ2n) is 8.81. The van der Waals surface area contributed by atoms with Gasteiger partial charge in [0, 0.05) is 18.7 Å². The van der Waals surface area contributed by atoms with E-state index < -0.39 is 0 Å². The normalized spacial score (nSPS) is 14.4. The highest BCUT2D eigenvalue weighted by Crippen LogP contribution is 2.32. The van der Waals surface area contributed by atoms with Crippen LogP contribution in [0, 0.1) is 6.92 Å². The van der Waals surface area contributed by atoms with Crippen LogP contribution in [0.25, 0.3) is 22.5 Å². The third-order valence-electron chi connectivity index (χ3n) is 6.64. The summed E-state index contributed by atoms with van der Waals surface area (Å²) in [6, 6.07) is 31.4. The molecule has 4 aromatic rings. The maximum Gasteiger partial charge on any atom is 0.227 e. The van der Waals surface area contributed by atoms with Crippen molar-refractivity contribution in [2.75, 3.05) is 13.1 Å². The molecule has 0 radical (unpaired) electrons. The number of hydrogen-bond acceptors (Lipinski definition) is 2. The molecule has 0 saturated carbocycles. The highest BCUT2D eigenvalue weighted by atomic mass is 16.2. The molecule has 0 spiro atoms. The number of likely N-dealkylation sites (tertiary alicyclic amines) is 1. The van der Waals surface area contributed by atoms with Crippen LogP contribution in [0.1, 0.15) is 30.0 Å². The van der Waals surface area contributed by atoms with Crippen LogP contribution in [0.15, 0.2) is 91.0 Å². The number of benzene rings is 3. The Morgan fingerprint density at radius 1 is 0.848 bits per heavy atom. The van der Waals surface area contributed by atoms with Crippen molar-refractivity contribution < 1.29 is 4.79 Å². The zero-order valence-electron chi connectivity index (χ0n) is 19.0. The van der Waals surface area contributed by atoms with Crippen LogP contribution in [0.4, 0.5) is 0 Å². The van der Waals surface area contributed by atoms with Gasteiger partial charge in [-0.2, -0.15) is 5.10 Å². The summed E-state index contributed by atoms with van der Waals surface area (Å²) in [4.78, 5) is 15.0. The Labute approximate surface area is 195 Å². The first-order chi connectivity index (χ1) is 16.2. The van der Waals surface area contributed by atoms with Crippen LogP contribution in [0.3, 0.4) is 0 Å². The number of piperidine rings is 1. The first-order valence-corrected chi connectivity index (χ1v) is 11.7. The Kier molecular flexibility index (Phi) is 6.07. The van der Waals surface area contributed by atoms with Crippen molar-refractivity contribution in [1.29, 1.82) is 0 Å². The SMILES string of the molecule is Cc1ccccc1CC(=O)N1CCC(n2nc(-c3ccccc3)cc2-c2ccccc2)CC1. The van der Waals surface area contributed by atoms with Crippen molar-refractivity contribution in [1.82, 2.24) is 14.7 Å². The number of carbonyl (C=O) groups is 1. The van der Waals surface area contributed by atoms with E-state index in [1.54, 1.807) is 0 Å². The summed E-state index contributed by atoms with van der Waals surface area (Å²) < 4.78 is 2.20. The van der Waals surface area contributed by atoms with Gasteiger partial charge < -0.3 is 4.90 Å². The largest absolute Gasteiger partial charge is 0.342 e. The van der Waals surface area contributed by atoms with Crippen LogP contribution in [0.5, 0.6) is 0 Å². The third kappa shape index (κ3) is 4.61. The maximum atomic E-state index is 12.9. The fraction of sp³-hybridized carbons (Fsp3) is 0.241. The highest BCUT2D eigenvalue weighted by molar-refractivity contribution is 5.79. The molecule has 0 atom stereocenters. The zero-order chi connectivity index (χ0) is 22.6. The summed E-state index contributed by atoms with van der Waals surface area (Å²) in [7, 11) is 0. The molecule has 1 amide bonds. The summed E-state index contributed by atoms with van der Waals surface area (Å²) in [5, 5.41) is 5.04. The second kappa shape index (κ2) is 9.45. The Morgan fingerprint density at radius 3 is 2.12 bits per heavy atom. The lowest BCUT2D eigenvalue weighted by atomic mass is 10.0. The standard InChI is InChI=1S/C29H29N3O/c1-22-10-8-9-15-25(22)20-29(33)31-18-16-26(17-19-31)32-28(24-13-6-3-7-14-24)21-27(30-32)23-11-4-2-5-12-23/h2-15,21,26H,16-20H2,1H3. The Morgan fingerprint density at radius 2 is 1.45 bits per heavy atom. The minimum Gasteiger partial charge on any atom is -0.342 e. The van der Waals surface area contributed by atoms with Gasteiger partial charge in [-0.15, -0.1) is 0 Å². The number of carbonyl (C=O) groups excluding carboxylic acids is 1. The fourth-order valence-corrected chi connectivity index (χ4v) is 4.69. The molecule has 1 saturated heterocycles. The van der Waals surface area contributed by atoms with Crippen molar-refractivity contribution in [3.63, 3.8) is 0 Å². The molecule has 5 rings (SSSR count). The molecule has 33 heavy (non-hydrogen) atoms. The van der Waals surface area contributed by atoms with E-state index >= 15 is 0 Å². The van der Waals surface area contributed by atoms with Crippen LogP contribution >= 0.6 is 0 Å². The number of aromatic nitrogens is 2. The maximum absolute atomic E-state index is 12.9. The smallest absolute Gasteiger partial charge is 0.227 e. The number of rotatable bonds is 5. The van der Waals surface area contributed by atoms with Crippen molar-refractivity contribution in [3.8, 4) is 22.5 Å². The Balaban J connectivity index is 1.35. The average Bonchev–Trinajstić information content (AvgIpc) is 3.32. The lowest BCUT2D eigenvalue weighted by Gasteiger charge is -2.33. The van der Waals surface area contributed by atoms with E-state index in [0.717, 1.165) is 48.4 Å². The quantitative estimate of drug-likeness (QED) is 0.390. The molecule has 1 aliphatic heterocycles. The van der Waals surface area contributed by atoms with Gasteiger partial charge in [0.2, 0.25) is 5.91 Å². The molecule has 4 nitrogen and oxygen atoms in total. The van der Waals surface area contributed by atoms with Gasteiger partial charge in [0.05, 0.1) is 23.9 Å². The highest BCUT2D eigenvalue weighted by Gasteiger charge is 2.27. The van der Waals surface area contributed by atoms with Gasteiger partial charge >= 0.3 is 0 Å². The number of nitrogens with zero attached hydrogens (tertiary/aromatic N) is 3. The number of hydrogen-bond donors (Lipinski definition) is 0. The van der Waals surface area contributed by atoms with E-state index in [4.69, 9.17) is 5.10 Å². The summed E-state index contributed by atoms with van der Waals surface area (Å²) >= 11 is 0. The molecule has 3 aromatic carbocycles. The Bertz CT molecular complexity index is 1220. The van der Waals surface area contributed by atoms with Crippen LogP contribution in [0.2, 0.25) is 0 Å². The van der Waals surface area contributed by atoms with Gasteiger partial charge in [0.25, 0.3) is 0 Å². The van der Waals surface area contributed by atoms with Gasteiger partial charge in [-0.25, -0.2) is 0 Å². The van der Waals surface area contributed by atoms with E-state index in [1.807, 2.05) is 29.2 Å². The minimum atomic E-state index is 0.219. The summed E-state index contributed by atoms with van der Waals surface area (Å²) in [5.74, 6) is 0.219. The lowest BCUT2D eigenvalue weighted by molar-refractivity contribution is -0.131. The first-order valence-electron chi connectivity index (χ1n) is 11.7. The van der Waals surface area contributed by atoms with Gasteiger partial charge in [-0.1, -0.05) is 84.9 Å². The van der Waals surface area contributed by atoms with Gasteiger partial charge in [-0.05, 0) is 42.5 Å². The van der Waals surface area contributed by atoms with Crippen LogP contribution < -0.4 is 0 Å². The monoisotopic (exact) mass is 435 g/mol. The molecule has 166 valence electrons. The zero-order valence-corrected chi connectivity index (χ0v) is 19.0. The molecular formula is C29H29N3O. The second-order valence-corrected chi connectivity index (χ2v) is 8.81. The molecule has 1 aliphatic rings. The van der Waals surface area contributed by atoms with Crippen LogP contribution in [-0.4, -0.2) is 33.7 Å². The molecule has 0 bridgehead atoms. The topological polar surface area (TPSA) is 38.1 Å². The fourth-order valence-electron chi connectivity index (χ4n) is 4.69. The molecule has 0 unspecified atom stereocenters. The van der Waals surface area contributed by atoms with Crippen molar-refractivity contribution in [2.24, 2.45) is 0 Å². The van der Waals surface area contributed by atoms with Gasteiger partial charge in [-0.3, -0.25) is 9.48 Å². The average molecular weight is 436 g/mol. The first kappa shape index (κ1) is 21.2. The van der Waals surface area contributed by atoms with Gasteiger partial charge in [0.1, 0.15) is 0 Å². The lowest BCUT2D eigenvalue weighted by Crippen LogP contribution is -2.40. The van der Waals surface area contributed by atoms with Crippen molar-refractivity contribution in [3.05, 3.63) is 102 Å². The summed E-state index contributed by atoms with van der Waals surface area (Å²) in [6.07, 6.45) is 2.30. The molecule has 4 heteroatoms. The summed E-state index contributed by atoms with van der Waals surface area (Å²) in [6.45, 7) is 3.61. The van der Waals surface area contributed by atoms with E-state index in [2.05, 4.69) is 78.3 Å². The van der Waals surface area contributed by atoms with E-state index in [1.165, 1.54) is 11.1 Å². The molecular weight excluding hydrogens is 406 g/mol. The molecule has 0 aliphatic carbocycles. The van der Waals surface area contributed by atoms with E-state index in [-0.39, 0.29) is 11.9 Å². The van der Waals surface area contributed by atoms with Gasteiger partial charge in [0.15, 0.2) is 0 Å². The number of amides is 1. The predicted molar refractivity (Wildman–Crippen MR) is 133 cm³/mol. The van der Waals surface area contributed by atoms with Crippen LogP contribution in [-0.2, 0) is 11.2 Å².